The van der Waals surface area contributed by atoms with Crippen LogP contribution in [0.1, 0.15) is 26.5 Å². The van der Waals surface area contributed by atoms with Crippen molar-refractivity contribution in [1.29, 1.82) is 0 Å². The average Bonchev–Trinajstić information content (AvgIpc) is 3.33. The molecule has 0 amide bonds. The third-order valence-electron chi connectivity index (χ3n) is 4.58. The largest absolute Gasteiger partial charge is 0.373 e. The molecule has 0 aliphatic rings. The van der Waals surface area contributed by atoms with E-state index in [-0.39, 0.29) is 11.2 Å². The number of fused-ring (bicyclic) bond motifs is 1. The standard InChI is InChI=1S/C23H25N3O3S/c1-23(2,3)29-12-11-28-14-18-21(22-24-10-9-20(27)26(22)25-18)19-13-17(15-30-19)16-7-5-4-6-8-16/h4-10,13,15,25H,11-12,14H2,1-3H3. The minimum Gasteiger partial charge on any atom is -0.373 e. The minimum absolute atomic E-state index is 0.150. The molecule has 0 unspecified atom stereocenters. The zero-order valence-corrected chi connectivity index (χ0v) is 18.2. The van der Waals surface area contributed by atoms with Crippen molar-refractivity contribution < 1.29 is 9.47 Å². The Morgan fingerprint density at radius 1 is 1.10 bits per heavy atom. The first-order valence-corrected chi connectivity index (χ1v) is 10.7. The van der Waals surface area contributed by atoms with Crippen molar-refractivity contribution in [1.82, 2.24) is 14.6 Å². The second kappa shape index (κ2) is 8.55. The van der Waals surface area contributed by atoms with Crippen LogP contribution in [0.4, 0.5) is 0 Å². The van der Waals surface area contributed by atoms with Crippen LogP contribution in [0.25, 0.3) is 27.2 Å². The highest BCUT2D eigenvalue weighted by Gasteiger charge is 2.18. The quantitative estimate of drug-likeness (QED) is 0.436. The summed E-state index contributed by atoms with van der Waals surface area (Å²) in [7, 11) is 0. The molecular weight excluding hydrogens is 398 g/mol. The summed E-state index contributed by atoms with van der Waals surface area (Å²) >= 11 is 1.63. The fourth-order valence-electron chi connectivity index (χ4n) is 3.21. The second-order valence-electron chi connectivity index (χ2n) is 7.99. The van der Waals surface area contributed by atoms with Crippen molar-refractivity contribution in [3.63, 3.8) is 0 Å². The summed E-state index contributed by atoms with van der Waals surface area (Å²) in [5, 5.41) is 5.29. The fourth-order valence-corrected chi connectivity index (χ4v) is 4.20. The summed E-state index contributed by atoms with van der Waals surface area (Å²) < 4.78 is 13.0. The number of ether oxygens (including phenoxy) is 2. The minimum atomic E-state index is -0.197. The molecule has 0 fully saturated rings. The zero-order chi connectivity index (χ0) is 21.1. The summed E-state index contributed by atoms with van der Waals surface area (Å²) in [5.41, 5.74) is 4.27. The van der Waals surface area contributed by atoms with Crippen LogP contribution in [-0.4, -0.2) is 33.4 Å². The van der Waals surface area contributed by atoms with Crippen LogP contribution in [0, 0.1) is 0 Å². The molecule has 1 aromatic carbocycles. The van der Waals surface area contributed by atoms with Crippen LogP contribution in [-0.2, 0) is 16.1 Å². The SMILES string of the molecule is CC(C)(C)OCCOCc1[nH]n2c(=O)ccnc2c1-c1cc(-c2ccccc2)cs1. The number of thiophene rings is 1. The number of rotatable bonds is 7. The maximum absolute atomic E-state index is 12.3. The Labute approximate surface area is 179 Å². The van der Waals surface area contributed by atoms with Gasteiger partial charge in [-0.2, -0.15) is 0 Å². The normalized spacial score (nSPS) is 12.0. The Kier molecular flexibility index (Phi) is 5.85. The Balaban J connectivity index is 1.63. The van der Waals surface area contributed by atoms with Crippen molar-refractivity contribution >= 4 is 17.0 Å². The molecule has 156 valence electrons. The lowest BCUT2D eigenvalue weighted by Gasteiger charge is -2.19. The van der Waals surface area contributed by atoms with Crippen LogP contribution >= 0.6 is 11.3 Å². The molecule has 0 aliphatic carbocycles. The lowest BCUT2D eigenvalue weighted by molar-refractivity contribution is -0.0380. The highest BCUT2D eigenvalue weighted by Crippen LogP contribution is 2.36. The van der Waals surface area contributed by atoms with Crippen molar-refractivity contribution in [3.8, 4) is 21.6 Å². The van der Waals surface area contributed by atoms with Gasteiger partial charge in [-0.15, -0.1) is 11.3 Å². The highest BCUT2D eigenvalue weighted by atomic mass is 32.1. The van der Waals surface area contributed by atoms with E-state index in [0.29, 0.717) is 25.5 Å². The van der Waals surface area contributed by atoms with Gasteiger partial charge >= 0.3 is 0 Å². The number of hydrogen-bond donors (Lipinski definition) is 1. The average molecular weight is 424 g/mol. The van der Waals surface area contributed by atoms with Gasteiger partial charge in [0.15, 0.2) is 5.65 Å². The Morgan fingerprint density at radius 2 is 1.90 bits per heavy atom. The topological polar surface area (TPSA) is 68.6 Å². The fraction of sp³-hybridized carbons (Fsp3) is 0.304. The van der Waals surface area contributed by atoms with Gasteiger partial charge in [0.05, 0.1) is 36.7 Å². The number of nitrogens with zero attached hydrogens (tertiary/aromatic N) is 2. The van der Waals surface area contributed by atoms with Crippen molar-refractivity contribution in [2.24, 2.45) is 0 Å². The highest BCUT2D eigenvalue weighted by molar-refractivity contribution is 7.14. The van der Waals surface area contributed by atoms with Crippen LogP contribution in [0.15, 0.2) is 58.8 Å². The van der Waals surface area contributed by atoms with E-state index in [1.807, 2.05) is 39.0 Å². The molecule has 0 spiro atoms. The van der Waals surface area contributed by atoms with Crippen molar-refractivity contribution in [2.45, 2.75) is 33.0 Å². The molecule has 0 aliphatic heterocycles. The second-order valence-corrected chi connectivity index (χ2v) is 8.90. The number of aromatic amines is 1. The predicted molar refractivity (Wildman–Crippen MR) is 120 cm³/mol. The van der Waals surface area contributed by atoms with E-state index in [0.717, 1.165) is 27.3 Å². The van der Waals surface area contributed by atoms with E-state index in [4.69, 9.17) is 9.47 Å². The van der Waals surface area contributed by atoms with Gasteiger partial charge in [0.1, 0.15) is 0 Å². The van der Waals surface area contributed by atoms with E-state index in [9.17, 15) is 4.79 Å². The van der Waals surface area contributed by atoms with E-state index < -0.39 is 0 Å². The number of hydrogen-bond acceptors (Lipinski definition) is 5. The summed E-state index contributed by atoms with van der Waals surface area (Å²) in [6, 6.07) is 13.8. The summed E-state index contributed by atoms with van der Waals surface area (Å²) in [5.74, 6) is 0. The molecule has 3 aromatic heterocycles. The lowest BCUT2D eigenvalue weighted by Crippen LogP contribution is -2.21. The number of nitrogens with one attached hydrogen (secondary N) is 1. The van der Waals surface area contributed by atoms with Crippen LogP contribution < -0.4 is 5.56 Å². The maximum Gasteiger partial charge on any atom is 0.272 e. The van der Waals surface area contributed by atoms with E-state index in [1.54, 1.807) is 17.5 Å². The van der Waals surface area contributed by atoms with Crippen LogP contribution in [0.3, 0.4) is 0 Å². The molecule has 30 heavy (non-hydrogen) atoms. The van der Waals surface area contributed by atoms with Gasteiger partial charge in [-0.05, 0) is 43.3 Å². The monoisotopic (exact) mass is 423 g/mol. The summed E-state index contributed by atoms with van der Waals surface area (Å²) in [4.78, 5) is 17.8. The van der Waals surface area contributed by atoms with Gasteiger partial charge < -0.3 is 9.47 Å². The molecule has 0 atom stereocenters. The molecule has 0 bridgehead atoms. The molecule has 0 saturated heterocycles. The molecular formula is C23H25N3O3S. The Hall–Kier alpha value is -2.74. The summed E-state index contributed by atoms with van der Waals surface area (Å²) in [6.07, 6.45) is 1.54. The van der Waals surface area contributed by atoms with Crippen molar-refractivity contribution in [2.75, 3.05) is 13.2 Å². The van der Waals surface area contributed by atoms with E-state index >= 15 is 0 Å². The first kappa shape index (κ1) is 20.5. The molecule has 0 radical (unpaired) electrons. The maximum atomic E-state index is 12.3. The van der Waals surface area contributed by atoms with Gasteiger partial charge in [0.2, 0.25) is 0 Å². The first-order chi connectivity index (χ1) is 14.4. The number of H-pyrrole nitrogens is 1. The third kappa shape index (κ3) is 4.53. The van der Waals surface area contributed by atoms with Crippen LogP contribution in [0.5, 0.6) is 0 Å². The Bertz CT molecular complexity index is 1190. The van der Waals surface area contributed by atoms with Crippen LogP contribution in [0.2, 0.25) is 0 Å². The van der Waals surface area contributed by atoms with Gasteiger partial charge in [-0.3, -0.25) is 9.89 Å². The molecule has 3 heterocycles. The molecule has 7 heteroatoms. The number of aromatic nitrogens is 3. The first-order valence-electron chi connectivity index (χ1n) is 9.87. The van der Waals surface area contributed by atoms with Gasteiger partial charge in [-0.25, -0.2) is 9.50 Å². The van der Waals surface area contributed by atoms with Gasteiger partial charge in [0.25, 0.3) is 5.56 Å². The smallest absolute Gasteiger partial charge is 0.272 e. The van der Waals surface area contributed by atoms with E-state index in [2.05, 4.69) is 33.7 Å². The van der Waals surface area contributed by atoms with Crippen molar-refractivity contribution in [3.05, 3.63) is 70.1 Å². The molecule has 4 aromatic rings. The van der Waals surface area contributed by atoms with E-state index in [1.165, 1.54) is 10.6 Å². The third-order valence-corrected chi connectivity index (χ3v) is 5.53. The zero-order valence-electron chi connectivity index (χ0n) is 17.3. The van der Waals surface area contributed by atoms with Gasteiger partial charge in [0, 0.05) is 17.1 Å². The predicted octanol–water partition coefficient (Wildman–Crippen LogP) is 4.75. The Morgan fingerprint density at radius 3 is 2.67 bits per heavy atom. The molecule has 0 saturated carbocycles. The number of benzene rings is 1. The molecule has 4 rings (SSSR count). The summed E-state index contributed by atoms with van der Waals surface area (Å²) in [6.45, 7) is 7.36. The molecule has 6 nitrogen and oxygen atoms in total. The lowest BCUT2D eigenvalue weighted by atomic mass is 10.1. The van der Waals surface area contributed by atoms with Gasteiger partial charge in [-0.1, -0.05) is 30.3 Å². The molecule has 1 N–H and O–H groups in total.